The number of fused-ring (bicyclic) bond motifs is 1. The van der Waals surface area contributed by atoms with Crippen molar-refractivity contribution in [2.45, 2.75) is 23.9 Å². The number of hydrogen-bond donors (Lipinski definition) is 1. The van der Waals surface area contributed by atoms with Gasteiger partial charge in [0.2, 0.25) is 5.91 Å². The summed E-state index contributed by atoms with van der Waals surface area (Å²) in [6.07, 6.45) is 2.69. The second kappa shape index (κ2) is 4.06. The number of amides is 1. The van der Waals surface area contributed by atoms with Gasteiger partial charge in [-0.2, -0.15) is 9.40 Å². The van der Waals surface area contributed by atoms with E-state index in [1.165, 1.54) is 16.6 Å². The minimum Gasteiger partial charge on any atom is -0.337 e. The fraction of sp³-hybridized carbons (Fsp3) is 0.600. The molecular formula is C10H14N4O3S. The van der Waals surface area contributed by atoms with Crippen LogP contribution in [0.15, 0.2) is 17.3 Å². The maximum absolute atomic E-state index is 12.3. The van der Waals surface area contributed by atoms with E-state index in [2.05, 4.69) is 10.2 Å². The highest BCUT2D eigenvalue weighted by molar-refractivity contribution is 7.89. The Hall–Kier alpha value is -1.41. The van der Waals surface area contributed by atoms with Crippen LogP contribution in [0.5, 0.6) is 0 Å². The zero-order valence-electron chi connectivity index (χ0n) is 9.74. The maximum Gasteiger partial charge on any atom is 0.260 e. The van der Waals surface area contributed by atoms with Gasteiger partial charge in [0.05, 0.1) is 6.20 Å². The Morgan fingerprint density at radius 2 is 2.22 bits per heavy atom. The lowest BCUT2D eigenvalue weighted by molar-refractivity contribution is -0.130. The molecule has 0 bridgehead atoms. The standard InChI is InChI=1S/C10H14N4O3S/c15-10-2-1-8-7-13(5-6-14(8)10)18(16,17)9-3-4-11-12-9/h3-4,8H,1-2,5-7H2,(H,11,12). The van der Waals surface area contributed by atoms with Gasteiger partial charge in [0.1, 0.15) is 0 Å². The molecule has 7 nitrogen and oxygen atoms in total. The molecule has 3 rings (SSSR count). The fourth-order valence-electron chi connectivity index (χ4n) is 2.58. The van der Waals surface area contributed by atoms with Crippen LogP contribution < -0.4 is 0 Å². The lowest BCUT2D eigenvalue weighted by atomic mass is 10.2. The zero-order chi connectivity index (χ0) is 12.8. The molecule has 0 aliphatic carbocycles. The van der Waals surface area contributed by atoms with Crippen molar-refractivity contribution in [3.05, 3.63) is 12.3 Å². The molecule has 3 heterocycles. The average molecular weight is 270 g/mol. The molecule has 2 saturated heterocycles. The van der Waals surface area contributed by atoms with Gasteiger partial charge in [-0.25, -0.2) is 8.42 Å². The van der Waals surface area contributed by atoms with Crippen molar-refractivity contribution in [1.82, 2.24) is 19.4 Å². The number of aromatic amines is 1. The van der Waals surface area contributed by atoms with Crippen LogP contribution in [-0.4, -0.2) is 59.4 Å². The summed E-state index contributed by atoms with van der Waals surface area (Å²) in [7, 11) is -3.50. The van der Waals surface area contributed by atoms with Crippen LogP contribution in [0.1, 0.15) is 12.8 Å². The van der Waals surface area contributed by atoms with E-state index in [0.29, 0.717) is 26.1 Å². The largest absolute Gasteiger partial charge is 0.337 e. The monoisotopic (exact) mass is 270 g/mol. The van der Waals surface area contributed by atoms with E-state index in [1.54, 1.807) is 4.90 Å². The number of sulfonamides is 1. The summed E-state index contributed by atoms with van der Waals surface area (Å²) >= 11 is 0. The summed E-state index contributed by atoms with van der Waals surface area (Å²) in [4.78, 5) is 13.3. The normalized spacial score (nSPS) is 25.4. The van der Waals surface area contributed by atoms with Gasteiger partial charge in [0.15, 0.2) is 5.03 Å². The van der Waals surface area contributed by atoms with Gasteiger partial charge in [-0.15, -0.1) is 0 Å². The van der Waals surface area contributed by atoms with E-state index < -0.39 is 10.0 Å². The SMILES string of the molecule is O=C1CCC2CN(S(=O)(=O)c3ccn[nH]3)CCN12. The van der Waals surface area contributed by atoms with E-state index in [4.69, 9.17) is 0 Å². The van der Waals surface area contributed by atoms with Gasteiger partial charge in [0, 0.05) is 32.1 Å². The first kappa shape index (κ1) is 11.7. The molecule has 1 aromatic rings. The van der Waals surface area contributed by atoms with Crippen molar-refractivity contribution in [2.24, 2.45) is 0 Å². The Bertz CT molecular complexity index is 554. The van der Waals surface area contributed by atoms with Gasteiger partial charge in [0.25, 0.3) is 10.0 Å². The van der Waals surface area contributed by atoms with Crippen LogP contribution >= 0.6 is 0 Å². The molecule has 2 aliphatic rings. The van der Waals surface area contributed by atoms with Crippen LogP contribution in [-0.2, 0) is 14.8 Å². The third-order valence-corrected chi connectivity index (χ3v) is 5.34. The summed E-state index contributed by atoms with van der Waals surface area (Å²) in [5, 5.41) is 6.26. The van der Waals surface area contributed by atoms with Crippen LogP contribution in [0.25, 0.3) is 0 Å². The second-order valence-corrected chi connectivity index (χ2v) is 6.47. The molecule has 2 aliphatic heterocycles. The number of carbonyl (C=O) groups is 1. The first-order valence-electron chi connectivity index (χ1n) is 5.88. The quantitative estimate of drug-likeness (QED) is 0.778. The molecule has 0 spiro atoms. The molecule has 0 aromatic carbocycles. The molecule has 1 atom stereocenters. The van der Waals surface area contributed by atoms with Crippen LogP contribution in [0, 0.1) is 0 Å². The molecule has 0 saturated carbocycles. The van der Waals surface area contributed by atoms with Gasteiger partial charge >= 0.3 is 0 Å². The van der Waals surface area contributed by atoms with Crippen molar-refractivity contribution >= 4 is 15.9 Å². The number of nitrogens with one attached hydrogen (secondary N) is 1. The molecule has 1 aromatic heterocycles. The Morgan fingerprint density at radius 3 is 2.94 bits per heavy atom. The first-order chi connectivity index (χ1) is 8.59. The summed E-state index contributed by atoms with van der Waals surface area (Å²) in [5.41, 5.74) is 0. The zero-order valence-corrected chi connectivity index (χ0v) is 10.6. The smallest absolute Gasteiger partial charge is 0.260 e. The lowest BCUT2D eigenvalue weighted by Crippen LogP contribution is -2.53. The van der Waals surface area contributed by atoms with Crippen LogP contribution in [0.3, 0.4) is 0 Å². The van der Waals surface area contributed by atoms with E-state index in [0.717, 1.165) is 6.42 Å². The predicted molar refractivity (Wildman–Crippen MR) is 62.1 cm³/mol. The third kappa shape index (κ3) is 1.72. The molecule has 1 N–H and O–H groups in total. The van der Waals surface area contributed by atoms with Crippen LogP contribution in [0.2, 0.25) is 0 Å². The molecular weight excluding hydrogens is 256 g/mol. The summed E-state index contributed by atoms with van der Waals surface area (Å²) < 4.78 is 26.0. The Labute approximate surface area is 105 Å². The minimum absolute atomic E-state index is 0.0314. The average Bonchev–Trinajstić information content (AvgIpc) is 2.99. The number of aromatic nitrogens is 2. The van der Waals surface area contributed by atoms with Crippen molar-refractivity contribution in [3.8, 4) is 0 Å². The lowest BCUT2D eigenvalue weighted by Gasteiger charge is -2.36. The number of piperazine rings is 1. The van der Waals surface area contributed by atoms with E-state index in [9.17, 15) is 13.2 Å². The molecule has 1 amide bonds. The van der Waals surface area contributed by atoms with Gasteiger partial charge < -0.3 is 4.90 Å². The number of nitrogens with zero attached hydrogens (tertiary/aromatic N) is 3. The van der Waals surface area contributed by atoms with Gasteiger partial charge in [-0.05, 0) is 12.5 Å². The summed E-state index contributed by atoms with van der Waals surface area (Å²) in [6, 6.07) is 1.48. The summed E-state index contributed by atoms with van der Waals surface area (Å²) in [6.45, 7) is 1.22. The molecule has 98 valence electrons. The Morgan fingerprint density at radius 1 is 1.39 bits per heavy atom. The minimum atomic E-state index is -3.50. The van der Waals surface area contributed by atoms with Crippen molar-refractivity contribution < 1.29 is 13.2 Å². The molecule has 1 unspecified atom stereocenters. The van der Waals surface area contributed by atoms with Gasteiger partial charge in [-0.3, -0.25) is 9.89 Å². The predicted octanol–water partition coefficient (Wildman–Crippen LogP) is -0.595. The van der Waals surface area contributed by atoms with Gasteiger partial charge in [-0.1, -0.05) is 0 Å². The first-order valence-corrected chi connectivity index (χ1v) is 7.32. The molecule has 0 radical (unpaired) electrons. The number of carbonyl (C=O) groups excluding carboxylic acids is 1. The highest BCUT2D eigenvalue weighted by Crippen LogP contribution is 2.25. The number of H-pyrrole nitrogens is 1. The third-order valence-electron chi connectivity index (χ3n) is 3.55. The topological polar surface area (TPSA) is 86.4 Å². The van der Waals surface area contributed by atoms with E-state index in [1.807, 2.05) is 0 Å². The van der Waals surface area contributed by atoms with Crippen molar-refractivity contribution in [2.75, 3.05) is 19.6 Å². The van der Waals surface area contributed by atoms with Crippen molar-refractivity contribution in [3.63, 3.8) is 0 Å². The highest BCUT2D eigenvalue weighted by atomic mass is 32.2. The van der Waals surface area contributed by atoms with E-state index in [-0.39, 0.29) is 17.0 Å². The number of hydrogen-bond acceptors (Lipinski definition) is 4. The Balaban J connectivity index is 1.82. The second-order valence-electron chi connectivity index (χ2n) is 4.56. The molecule has 18 heavy (non-hydrogen) atoms. The van der Waals surface area contributed by atoms with Crippen LogP contribution in [0.4, 0.5) is 0 Å². The number of rotatable bonds is 2. The highest BCUT2D eigenvalue weighted by Gasteiger charge is 2.39. The van der Waals surface area contributed by atoms with E-state index >= 15 is 0 Å². The molecule has 2 fully saturated rings. The molecule has 8 heteroatoms. The fourth-order valence-corrected chi connectivity index (χ4v) is 3.95. The van der Waals surface area contributed by atoms with Crippen molar-refractivity contribution in [1.29, 1.82) is 0 Å². The summed E-state index contributed by atoms with van der Waals surface area (Å²) in [5.74, 6) is 0.138. The Kier molecular flexibility index (Phi) is 2.63. The maximum atomic E-state index is 12.3.